The van der Waals surface area contributed by atoms with Crippen molar-refractivity contribution in [2.75, 3.05) is 6.61 Å². The molecule has 0 fully saturated rings. The lowest BCUT2D eigenvalue weighted by Gasteiger charge is -2.12. The monoisotopic (exact) mass is 240 g/mol. The summed E-state index contributed by atoms with van der Waals surface area (Å²) in [5.41, 5.74) is 0. The number of rotatable bonds is 0. The molecule has 0 bridgehead atoms. The van der Waals surface area contributed by atoms with E-state index in [0.29, 0.717) is 6.61 Å². The Labute approximate surface area is 102 Å². The predicted molar refractivity (Wildman–Crippen MR) is 63.4 cm³/mol. The van der Waals surface area contributed by atoms with Gasteiger partial charge in [0.25, 0.3) is 0 Å². The summed E-state index contributed by atoms with van der Waals surface area (Å²) in [5.74, 6) is -0.960. The first kappa shape index (κ1) is 13.7. The van der Waals surface area contributed by atoms with Crippen molar-refractivity contribution in [1.82, 2.24) is 0 Å². The lowest BCUT2D eigenvalue weighted by Crippen LogP contribution is -2.13. The minimum absolute atomic E-state index is 0.0916. The second-order valence-electron chi connectivity index (χ2n) is 4.30. The van der Waals surface area contributed by atoms with Crippen LogP contribution in [-0.4, -0.2) is 24.6 Å². The zero-order valence-electron chi connectivity index (χ0n) is 10.3. The molecule has 1 aliphatic heterocycles. The van der Waals surface area contributed by atoms with Crippen molar-refractivity contribution in [3.05, 3.63) is 12.2 Å². The van der Waals surface area contributed by atoms with Gasteiger partial charge in [0, 0.05) is 12.2 Å². The third-order valence-electron chi connectivity index (χ3n) is 2.67. The van der Waals surface area contributed by atoms with Gasteiger partial charge in [0.05, 0.1) is 12.7 Å². The van der Waals surface area contributed by atoms with Gasteiger partial charge in [0.15, 0.2) is 0 Å². The molecule has 0 saturated heterocycles. The number of hydrogen-bond donors (Lipinski definition) is 0. The van der Waals surface area contributed by atoms with E-state index >= 15 is 0 Å². The Morgan fingerprint density at radius 1 is 1.00 bits per heavy atom. The third-order valence-corrected chi connectivity index (χ3v) is 2.67. The molecule has 0 amide bonds. The van der Waals surface area contributed by atoms with E-state index in [1.165, 1.54) is 0 Å². The Morgan fingerprint density at radius 3 is 2.47 bits per heavy atom. The van der Waals surface area contributed by atoms with Crippen LogP contribution in [0.4, 0.5) is 0 Å². The van der Waals surface area contributed by atoms with Crippen LogP contribution in [0.15, 0.2) is 12.2 Å². The molecule has 96 valence electrons. The minimum atomic E-state index is -0.480. The van der Waals surface area contributed by atoms with E-state index in [1.54, 1.807) is 0 Å². The highest BCUT2D eigenvalue weighted by Crippen LogP contribution is 2.10. The second kappa shape index (κ2) is 7.87. The number of hydrogen-bond acceptors (Lipinski definition) is 4. The molecular formula is C13H20O4. The summed E-state index contributed by atoms with van der Waals surface area (Å²) in [6.07, 6.45) is 8.34. The Hall–Kier alpha value is -1.32. The van der Waals surface area contributed by atoms with Gasteiger partial charge in [-0.25, -0.2) is 9.59 Å². The van der Waals surface area contributed by atoms with Gasteiger partial charge >= 0.3 is 11.9 Å². The highest BCUT2D eigenvalue weighted by Gasteiger charge is 2.08. The molecule has 0 N–H and O–H groups in total. The molecule has 0 saturated carbocycles. The molecule has 0 aromatic heterocycles. The number of carbonyl (C=O) groups excluding carboxylic acids is 2. The van der Waals surface area contributed by atoms with E-state index in [2.05, 4.69) is 0 Å². The molecule has 1 atom stereocenters. The maximum Gasteiger partial charge on any atom is 0.331 e. The summed E-state index contributed by atoms with van der Waals surface area (Å²) >= 11 is 0. The molecule has 1 aliphatic rings. The molecule has 4 heteroatoms. The van der Waals surface area contributed by atoms with Crippen molar-refractivity contribution in [3.63, 3.8) is 0 Å². The van der Waals surface area contributed by atoms with Crippen LogP contribution < -0.4 is 0 Å². The van der Waals surface area contributed by atoms with Gasteiger partial charge in [-0.1, -0.05) is 19.3 Å². The molecule has 0 aliphatic carbocycles. The molecule has 0 aromatic rings. The van der Waals surface area contributed by atoms with Crippen molar-refractivity contribution in [3.8, 4) is 0 Å². The van der Waals surface area contributed by atoms with Crippen molar-refractivity contribution < 1.29 is 19.1 Å². The van der Waals surface area contributed by atoms with Crippen LogP contribution in [-0.2, 0) is 19.1 Å². The summed E-state index contributed by atoms with van der Waals surface area (Å²) in [7, 11) is 0. The number of ether oxygens (including phenoxy) is 2. The van der Waals surface area contributed by atoms with Gasteiger partial charge in [-0.2, -0.15) is 0 Å². The second-order valence-corrected chi connectivity index (χ2v) is 4.30. The Kier molecular flexibility index (Phi) is 6.37. The lowest BCUT2D eigenvalue weighted by molar-refractivity contribution is -0.143. The van der Waals surface area contributed by atoms with E-state index in [9.17, 15) is 9.59 Å². The maximum atomic E-state index is 11.3. The molecule has 1 unspecified atom stereocenters. The number of cyclic esters (lactones) is 2. The molecule has 17 heavy (non-hydrogen) atoms. The van der Waals surface area contributed by atoms with Crippen LogP contribution in [0.1, 0.15) is 45.4 Å². The summed E-state index contributed by atoms with van der Waals surface area (Å²) in [5, 5.41) is 0. The first-order valence-corrected chi connectivity index (χ1v) is 6.24. The van der Waals surface area contributed by atoms with Crippen LogP contribution in [0, 0.1) is 0 Å². The fourth-order valence-electron chi connectivity index (χ4n) is 1.72. The van der Waals surface area contributed by atoms with Crippen LogP contribution in [0.25, 0.3) is 0 Å². The molecule has 0 spiro atoms. The quantitative estimate of drug-likeness (QED) is 0.610. The van der Waals surface area contributed by atoms with Crippen LogP contribution in [0.5, 0.6) is 0 Å². The van der Waals surface area contributed by atoms with Gasteiger partial charge in [-0.15, -0.1) is 0 Å². The summed E-state index contributed by atoms with van der Waals surface area (Å²) < 4.78 is 10.0. The minimum Gasteiger partial charge on any atom is -0.463 e. The molecule has 0 radical (unpaired) electrons. The van der Waals surface area contributed by atoms with Gasteiger partial charge < -0.3 is 9.47 Å². The summed E-state index contributed by atoms with van der Waals surface area (Å²) in [4.78, 5) is 22.5. The first-order chi connectivity index (χ1) is 8.18. The van der Waals surface area contributed by atoms with Gasteiger partial charge in [-0.3, -0.25) is 0 Å². The van der Waals surface area contributed by atoms with E-state index in [0.717, 1.165) is 50.7 Å². The van der Waals surface area contributed by atoms with E-state index in [1.807, 2.05) is 6.92 Å². The molecule has 1 heterocycles. The fraction of sp³-hybridized carbons (Fsp3) is 0.692. The Bertz CT molecular complexity index is 283. The third kappa shape index (κ3) is 6.76. The standard InChI is InChI=1S/C13H20O4/c1-11-7-5-3-2-4-6-10-16-12(14)8-9-13(15)17-11/h8-9,11H,2-7,10H2,1H3/b9-8-. The summed E-state index contributed by atoms with van der Waals surface area (Å²) in [6, 6.07) is 0. The zero-order chi connectivity index (χ0) is 12.5. The average Bonchev–Trinajstić information content (AvgIpc) is 2.29. The van der Waals surface area contributed by atoms with Gasteiger partial charge in [0.2, 0.25) is 0 Å². The Morgan fingerprint density at radius 2 is 1.65 bits per heavy atom. The highest BCUT2D eigenvalue weighted by molar-refractivity contribution is 5.91. The van der Waals surface area contributed by atoms with Crippen molar-refractivity contribution in [2.24, 2.45) is 0 Å². The number of carbonyl (C=O) groups is 2. The molecular weight excluding hydrogens is 220 g/mol. The first-order valence-electron chi connectivity index (χ1n) is 6.24. The van der Waals surface area contributed by atoms with Crippen molar-refractivity contribution >= 4 is 11.9 Å². The smallest absolute Gasteiger partial charge is 0.331 e. The normalized spacial score (nSPS) is 26.5. The molecule has 1 rings (SSSR count). The van der Waals surface area contributed by atoms with Crippen LogP contribution in [0.3, 0.4) is 0 Å². The predicted octanol–water partition coefficient (Wildman–Crippen LogP) is 2.37. The van der Waals surface area contributed by atoms with E-state index in [-0.39, 0.29) is 6.10 Å². The van der Waals surface area contributed by atoms with E-state index in [4.69, 9.17) is 9.47 Å². The van der Waals surface area contributed by atoms with E-state index < -0.39 is 11.9 Å². The number of esters is 2. The summed E-state index contributed by atoms with van der Waals surface area (Å²) in [6.45, 7) is 2.30. The van der Waals surface area contributed by atoms with Crippen LogP contribution in [0.2, 0.25) is 0 Å². The van der Waals surface area contributed by atoms with Crippen molar-refractivity contribution in [2.45, 2.75) is 51.6 Å². The van der Waals surface area contributed by atoms with Gasteiger partial charge in [0.1, 0.15) is 0 Å². The SMILES string of the molecule is CC1CCCCCCCOC(=O)/C=C\C(=O)O1. The van der Waals surface area contributed by atoms with Crippen LogP contribution >= 0.6 is 0 Å². The Balaban J connectivity index is 2.46. The fourth-order valence-corrected chi connectivity index (χ4v) is 1.72. The zero-order valence-corrected chi connectivity index (χ0v) is 10.3. The highest BCUT2D eigenvalue weighted by atomic mass is 16.5. The largest absolute Gasteiger partial charge is 0.463 e. The van der Waals surface area contributed by atoms with Crippen molar-refractivity contribution in [1.29, 1.82) is 0 Å². The lowest BCUT2D eigenvalue weighted by atomic mass is 10.1. The van der Waals surface area contributed by atoms with Gasteiger partial charge in [-0.05, 0) is 26.2 Å². The topological polar surface area (TPSA) is 52.6 Å². The average molecular weight is 240 g/mol. The molecule has 0 aromatic carbocycles. The maximum absolute atomic E-state index is 11.3. The molecule has 4 nitrogen and oxygen atoms in total.